The van der Waals surface area contributed by atoms with E-state index < -0.39 is 0 Å². The summed E-state index contributed by atoms with van der Waals surface area (Å²) in [6.07, 6.45) is 2.74. The fourth-order valence-electron chi connectivity index (χ4n) is 1.11. The van der Waals surface area contributed by atoms with Crippen molar-refractivity contribution < 1.29 is 4.42 Å². The third-order valence-corrected chi connectivity index (χ3v) is 3.38. The van der Waals surface area contributed by atoms with Gasteiger partial charge in [0.15, 0.2) is 10.8 Å². The highest BCUT2D eigenvalue weighted by atomic mass is 32.1. The highest BCUT2D eigenvalue weighted by molar-refractivity contribution is 7.14. The van der Waals surface area contributed by atoms with E-state index >= 15 is 0 Å². The molecule has 0 aliphatic rings. The molecule has 74 valence electrons. The lowest BCUT2D eigenvalue weighted by molar-refractivity contribution is 0.581. The average Bonchev–Trinajstić information content (AvgIpc) is 2.86. The maximum Gasteiger partial charge on any atom is 0.183 e. The molecule has 0 N–H and O–H groups in total. The maximum atomic E-state index is 5.25. The van der Waals surface area contributed by atoms with E-state index in [0.717, 1.165) is 22.2 Å². The Bertz CT molecular complexity index is 394. The lowest BCUT2D eigenvalue weighted by Crippen LogP contribution is -1.88. The Kier molecular flexibility index (Phi) is 2.63. The SMILES string of the molecule is CCC(C)c1nnc(-c2ccco2)s1. The number of aromatic nitrogens is 2. The maximum absolute atomic E-state index is 5.25. The van der Waals surface area contributed by atoms with Gasteiger partial charge in [0.1, 0.15) is 5.01 Å². The fourth-order valence-corrected chi connectivity index (χ4v) is 2.05. The van der Waals surface area contributed by atoms with Crippen molar-refractivity contribution in [2.24, 2.45) is 0 Å². The molecule has 1 atom stereocenters. The highest BCUT2D eigenvalue weighted by Gasteiger charge is 2.12. The molecule has 0 spiro atoms. The second-order valence-corrected chi connectivity index (χ2v) is 4.24. The lowest BCUT2D eigenvalue weighted by atomic mass is 10.1. The van der Waals surface area contributed by atoms with Crippen LogP contribution < -0.4 is 0 Å². The van der Waals surface area contributed by atoms with E-state index in [2.05, 4.69) is 24.0 Å². The number of rotatable bonds is 3. The van der Waals surface area contributed by atoms with Crippen LogP contribution in [-0.4, -0.2) is 10.2 Å². The van der Waals surface area contributed by atoms with Gasteiger partial charge in [0.05, 0.1) is 6.26 Å². The zero-order valence-corrected chi connectivity index (χ0v) is 9.04. The molecule has 2 heterocycles. The number of furan rings is 1. The van der Waals surface area contributed by atoms with Crippen LogP contribution in [0.25, 0.3) is 10.8 Å². The normalized spacial score (nSPS) is 13.0. The van der Waals surface area contributed by atoms with Gasteiger partial charge in [0.2, 0.25) is 0 Å². The standard InChI is InChI=1S/C10H12N2OS/c1-3-7(2)9-11-12-10(14-9)8-5-4-6-13-8/h4-7H,3H2,1-2H3. The first-order chi connectivity index (χ1) is 6.81. The Morgan fingerprint density at radius 1 is 1.50 bits per heavy atom. The first-order valence-corrected chi connectivity index (χ1v) is 5.50. The highest BCUT2D eigenvalue weighted by Crippen LogP contribution is 2.28. The molecular formula is C10H12N2OS. The largest absolute Gasteiger partial charge is 0.462 e. The van der Waals surface area contributed by atoms with E-state index in [9.17, 15) is 0 Å². The van der Waals surface area contributed by atoms with Crippen LogP contribution in [0.15, 0.2) is 22.8 Å². The van der Waals surface area contributed by atoms with Crippen LogP contribution in [0.1, 0.15) is 31.2 Å². The number of nitrogens with zero attached hydrogens (tertiary/aromatic N) is 2. The molecule has 2 rings (SSSR count). The topological polar surface area (TPSA) is 38.9 Å². The molecule has 0 fully saturated rings. The number of hydrogen-bond donors (Lipinski definition) is 0. The van der Waals surface area contributed by atoms with Crippen LogP contribution in [0, 0.1) is 0 Å². The van der Waals surface area contributed by atoms with Crippen LogP contribution >= 0.6 is 11.3 Å². The predicted molar refractivity (Wildman–Crippen MR) is 56.3 cm³/mol. The van der Waals surface area contributed by atoms with E-state index in [-0.39, 0.29) is 0 Å². The molecule has 3 nitrogen and oxygen atoms in total. The Hall–Kier alpha value is -1.16. The molecule has 0 saturated carbocycles. The minimum absolute atomic E-state index is 0.483. The molecule has 2 aromatic rings. The van der Waals surface area contributed by atoms with Gasteiger partial charge in [-0.15, -0.1) is 10.2 Å². The molecule has 0 aliphatic heterocycles. The van der Waals surface area contributed by atoms with E-state index in [1.54, 1.807) is 17.6 Å². The van der Waals surface area contributed by atoms with Crippen molar-refractivity contribution in [2.75, 3.05) is 0 Å². The van der Waals surface area contributed by atoms with Crippen molar-refractivity contribution in [3.8, 4) is 10.8 Å². The summed E-state index contributed by atoms with van der Waals surface area (Å²) in [6.45, 7) is 4.31. The summed E-state index contributed by atoms with van der Waals surface area (Å²) in [5.74, 6) is 1.29. The van der Waals surface area contributed by atoms with Gasteiger partial charge in [-0.3, -0.25) is 0 Å². The summed E-state index contributed by atoms with van der Waals surface area (Å²) < 4.78 is 5.25. The molecule has 0 radical (unpaired) electrons. The summed E-state index contributed by atoms with van der Waals surface area (Å²) in [4.78, 5) is 0. The van der Waals surface area contributed by atoms with Gasteiger partial charge < -0.3 is 4.42 Å². The Balaban J connectivity index is 2.26. The Morgan fingerprint density at radius 3 is 3.00 bits per heavy atom. The van der Waals surface area contributed by atoms with Gasteiger partial charge in [0, 0.05) is 5.92 Å². The molecule has 14 heavy (non-hydrogen) atoms. The van der Waals surface area contributed by atoms with Crippen LogP contribution in [0.5, 0.6) is 0 Å². The van der Waals surface area contributed by atoms with Gasteiger partial charge >= 0.3 is 0 Å². The Morgan fingerprint density at radius 2 is 2.36 bits per heavy atom. The summed E-state index contributed by atoms with van der Waals surface area (Å²) >= 11 is 1.61. The van der Waals surface area contributed by atoms with Gasteiger partial charge in [-0.25, -0.2) is 0 Å². The summed E-state index contributed by atoms with van der Waals surface area (Å²) in [5, 5.41) is 10.2. The molecule has 0 bridgehead atoms. The molecule has 4 heteroatoms. The van der Waals surface area contributed by atoms with Crippen molar-refractivity contribution in [3.63, 3.8) is 0 Å². The van der Waals surface area contributed by atoms with E-state index in [1.165, 1.54) is 0 Å². The van der Waals surface area contributed by atoms with Crippen molar-refractivity contribution in [2.45, 2.75) is 26.2 Å². The number of hydrogen-bond acceptors (Lipinski definition) is 4. The van der Waals surface area contributed by atoms with E-state index in [1.807, 2.05) is 12.1 Å². The molecule has 1 unspecified atom stereocenters. The zero-order chi connectivity index (χ0) is 9.97. The summed E-state index contributed by atoms with van der Waals surface area (Å²) in [7, 11) is 0. The first-order valence-electron chi connectivity index (χ1n) is 4.68. The minimum Gasteiger partial charge on any atom is -0.462 e. The van der Waals surface area contributed by atoms with Crippen LogP contribution in [0.3, 0.4) is 0 Å². The van der Waals surface area contributed by atoms with Gasteiger partial charge in [-0.05, 0) is 18.6 Å². The van der Waals surface area contributed by atoms with Crippen molar-refractivity contribution >= 4 is 11.3 Å². The second-order valence-electron chi connectivity index (χ2n) is 3.23. The monoisotopic (exact) mass is 208 g/mol. The van der Waals surface area contributed by atoms with Crippen LogP contribution in [0.2, 0.25) is 0 Å². The summed E-state index contributed by atoms with van der Waals surface area (Å²) in [6, 6.07) is 3.76. The molecule has 0 amide bonds. The lowest BCUT2D eigenvalue weighted by Gasteiger charge is -1.99. The smallest absolute Gasteiger partial charge is 0.183 e. The zero-order valence-electron chi connectivity index (χ0n) is 8.23. The molecule has 0 aromatic carbocycles. The van der Waals surface area contributed by atoms with Crippen LogP contribution in [-0.2, 0) is 0 Å². The second kappa shape index (κ2) is 3.92. The third-order valence-electron chi connectivity index (χ3n) is 2.21. The molecular weight excluding hydrogens is 196 g/mol. The fraction of sp³-hybridized carbons (Fsp3) is 0.400. The summed E-state index contributed by atoms with van der Waals surface area (Å²) in [5.41, 5.74) is 0. The van der Waals surface area contributed by atoms with Crippen LogP contribution in [0.4, 0.5) is 0 Å². The molecule has 2 aromatic heterocycles. The first kappa shape index (κ1) is 9.40. The quantitative estimate of drug-likeness (QED) is 0.776. The van der Waals surface area contributed by atoms with Crippen molar-refractivity contribution in [3.05, 3.63) is 23.4 Å². The van der Waals surface area contributed by atoms with E-state index in [0.29, 0.717) is 5.92 Å². The molecule has 0 aliphatic carbocycles. The minimum atomic E-state index is 0.483. The molecule has 0 saturated heterocycles. The van der Waals surface area contributed by atoms with Gasteiger partial charge in [-0.2, -0.15) is 0 Å². The van der Waals surface area contributed by atoms with Gasteiger partial charge in [-0.1, -0.05) is 25.2 Å². The van der Waals surface area contributed by atoms with Gasteiger partial charge in [0.25, 0.3) is 0 Å². The van der Waals surface area contributed by atoms with E-state index in [4.69, 9.17) is 4.42 Å². The predicted octanol–water partition coefficient (Wildman–Crippen LogP) is 3.31. The third kappa shape index (κ3) is 1.70. The van der Waals surface area contributed by atoms with Crippen molar-refractivity contribution in [1.82, 2.24) is 10.2 Å². The Labute approximate surface area is 86.8 Å². The average molecular weight is 208 g/mol. The van der Waals surface area contributed by atoms with Crippen molar-refractivity contribution in [1.29, 1.82) is 0 Å².